The van der Waals surface area contributed by atoms with E-state index < -0.39 is 23.8 Å². The monoisotopic (exact) mass is 483 g/mol. The van der Waals surface area contributed by atoms with Gasteiger partial charge in [-0.05, 0) is 49.1 Å². The van der Waals surface area contributed by atoms with E-state index in [0.717, 1.165) is 5.56 Å². The van der Waals surface area contributed by atoms with Crippen LogP contribution in [0, 0.1) is 18.7 Å². The van der Waals surface area contributed by atoms with Crippen LogP contribution in [0.25, 0.3) is 5.69 Å². The van der Waals surface area contributed by atoms with Crippen molar-refractivity contribution in [3.63, 3.8) is 0 Å². The molecular weight excluding hydrogens is 461 g/mol. The Hall–Kier alpha value is -3.72. The minimum absolute atomic E-state index is 0.0336. The molecule has 2 atom stereocenters. The van der Waals surface area contributed by atoms with Gasteiger partial charge in [-0.1, -0.05) is 24.6 Å². The molecule has 10 heteroatoms. The number of anilines is 2. The minimum Gasteiger partial charge on any atom is -0.322 e. The van der Waals surface area contributed by atoms with Gasteiger partial charge in [0.05, 0.1) is 16.4 Å². The van der Waals surface area contributed by atoms with Gasteiger partial charge in [-0.15, -0.1) is 0 Å². The molecular formula is C24H23ClFN5O3. The lowest BCUT2D eigenvalue weighted by Gasteiger charge is -2.24. The van der Waals surface area contributed by atoms with Crippen LogP contribution < -0.4 is 16.2 Å². The molecule has 1 fully saturated rings. The van der Waals surface area contributed by atoms with Crippen LogP contribution in [0.2, 0.25) is 5.02 Å². The number of pyridine rings is 2. The summed E-state index contributed by atoms with van der Waals surface area (Å²) in [5.41, 5.74) is 0.863. The van der Waals surface area contributed by atoms with Gasteiger partial charge >= 0.3 is 6.03 Å². The minimum atomic E-state index is -0.777. The third-order valence-electron chi connectivity index (χ3n) is 5.58. The van der Waals surface area contributed by atoms with E-state index in [4.69, 9.17) is 11.6 Å². The van der Waals surface area contributed by atoms with Gasteiger partial charge < -0.3 is 10.2 Å². The fourth-order valence-electron chi connectivity index (χ4n) is 3.92. The second-order valence-electron chi connectivity index (χ2n) is 8.37. The van der Waals surface area contributed by atoms with Crippen molar-refractivity contribution in [2.45, 2.75) is 26.3 Å². The summed E-state index contributed by atoms with van der Waals surface area (Å²) in [6, 6.07) is 9.12. The largest absolute Gasteiger partial charge is 0.323 e. The Morgan fingerprint density at radius 2 is 1.94 bits per heavy atom. The van der Waals surface area contributed by atoms with E-state index in [1.54, 1.807) is 30.5 Å². The fraction of sp³-hybridized carbons (Fsp3) is 0.250. The maximum absolute atomic E-state index is 14.8. The fourth-order valence-corrected chi connectivity index (χ4v) is 4.03. The molecule has 0 unspecified atom stereocenters. The number of hydrogen-bond donors (Lipinski definition) is 2. The van der Waals surface area contributed by atoms with Crippen molar-refractivity contribution in [1.82, 2.24) is 14.5 Å². The number of likely N-dealkylation sites (tertiary alicyclic amines) is 1. The number of aryl methyl sites for hydroxylation is 1. The SMILES string of the molecule is Cc1ccc(=O)n(-c2ccc(NC(=O)[C@H]3C[C@@H](C)CN3C(=O)Nc3ccc(Cl)cn3)c(F)c2)c1. The summed E-state index contributed by atoms with van der Waals surface area (Å²) in [5, 5.41) is 5.67. The standard InChI is InChI=1S/C24H23ClFN5O3/c1-14-3-8-22(32)30(12-14)17-5-6-19(18(26)10-17)28-23(33)20-9-15(2)13-31(20)24(34)29-21-7-4-16(25)11-27-21/h3-8,10-12,15,20H,9,13H2,1-2H3,(H,28,33)(H,27,29,34)/t15-,20-/m1/s1. The van der Waals surface area contributed by atoms with Crippen LogP contribution in [0.15, 0.2) is 59.7 Å². The Balaban J connectivity index is 1.49. The topological polar surface area (TPSA) is 96.3 Å². The molecule has 1 saturated heterocycles. The molecule has 0 spiro atoms. The molecule has 2 aromatic heterocycles. The van der Waals surface area contributed by atoms with Gasteiger partial charge in [0, 0.05) is 31.1 Å². The Bertz CT molecular complexity index is 1290. The zero-order valence-electron chi connectivity index (χ0n) is 18.6. The normalized spacial score (nSPS) is 17.5. The molecule has 1 aromatic carbocycles. The quantitative estimate of drug-likeness (QED) is 0.581. The third-order valence-corrected chi connectivity index (χ3v) is 5.81. The number of nitrogens with zero attached hydrogens (tertiary/aromatic N) is 3. The van der Waals surface area contributed by atoms with E-state index in [9.17, 15) is 18.8 Å². The molecule has 3 amide bonds. The highest BCUT2D eigenvalue weighted by molar-refractivity contribution is 6.30. The second kappa shape index (κ2) is 9.64. The number of benzene rings is 1. The number of aromatic nitrogens is 2. The van der Waals surface area contributed by atoms with E-state index in [1.807, 2.05) is 13.8 Å². The molecule has 0 saturated carbocycles. The molecule has 3 heterocycles. The summed E-state index contributed by atoms with van der Waals surface area (Å²) in [6.45, 7) is 4.13. The van der Waals surface area contributed by atoms with Crippen molar-refractivity contribution in [2.24, 2.45) is 5.92 Å². The predicted octanol–water partition coefficient (Wildman–Crippen LogP) is 4.21. The summed E-state index contributed by atoms with van der Waals surface area (Å²) in [6.07, 6.45) is 3.46. The van der Waals surface area contributed by atoms with Crippen molar-refractivity contribution in [3.8, 4) is 5.69 Å². The Kier molecular flexibility index (Phi) is 6.65. The van der Waals surface area contributed by atoms with Crippen LogP contribution in [0.5, 0.6) is 0 Å². The lowest BCUT2D eigenvalue weighted by atomic mass is 10.1. The molecule has 2 N–H and O–H groups in total. The smallest absolute Gasteiger partial charge is 0.322 e. The summed E-state index contributed by atoms with van der Waals surface area (Å²) < 4.78 is 16.2. The molecule has 1 aliphatic heterocycles. The maximum atomic E-state index is 14.8. The molecule has 3 aromatic rings. The number of amides is 3. The lowest BCUT2D eigenvalue weighted by Crippen LogP contribution is -2.45. The van der Waals surface area contributed by atoms with Gasteiger partial charge in [0.15, 0.2) is 0 Å². The molecule has 4 rings (SSSR count). The van der Waals surface area contributed by atoms with Crippen molar-refractivity contribution >= 4 is 35.0 Å². The molecule has 1 aliphatic rings. The third kappa shape index (κ3) is 5.09. The first-order valence-electron chi connectivity index (χ1n) is 10.7. The number of halogens is 2. The van der Waals surface area contributed by atoms with Crippen molar-refractivity contribution in [1.29, 1.82) is 0 Å². The van der Waals surface area contributed by atoms with Crippen LogP contribution in [-0.2, 0) is 4.79 Å². The van der Waals surface area contributed by atoms with E-state index in [0.29, 0.717) is 29.5 Å². The predicted molar refractivity (Wildman–Crippen MR) is 128 cm³/mol. The van der Waals surface area contributed by atoms with Crippen LogP contribution in [0.3, 0.4) is 0 Å². The first-order chi connectivity index (χ1) is 16.2. The van der Waals surface area contributed by atoms with Crippen LogP contribution in [0.1, 0.15) is 18.9 Å². The van der Waals surface area contributed by atoms with Gasteiger partial charge in [0.1, 0.15) is 17.7 Å². The van der Waals surface area contributed by atoms with E-state index in [1.165, 1.54) is 33.9 Å². The number of rotatable bonds is 4. The Morgan fingerprint density at radius 3 is 2.65 bits per heavy atom. The maximum Gasteiger partial charge on any atom is 0.323 e. The summed E-state index contributed by atoms with van der Waals surface area (Å²) >= 11 is 5.82. The van der Waals surface area contributed by atoms with Crippen LogP contribution in [0.4, 0.5) is 20.7 Å². The van der Waals surface area contributed by atoms with Crippen LogP contribution >= 0.6 is 11.6 Å². The van der Waals surface area contributed by atoms with E-state index in [-0.39, 0.29) is 17.2 Å². The first-order valence-corrected chi connectivity index (χ1v) is 11.1. The summed E-state index contributed by atoms with van der Waals surface area (Å²) in [7, 11) is 0. The Labute approximate surface area is 200 Å². The molecule has 8 nitrogen and oxygen atoms in total. The lowest BCUT2D eigenvalue weighted by molar-refractivity contribution is -0.119. The number of carbonyl (C=O) groups is 2. The van der Waals surface area contributed by atoms with Crippen molar-refractivity contribution in [2.75, 3.05) is 17.2 Å². The molecule has 0 radical (unpaired) electrons. The first kappa shape index (κ1) is 23.4. The number of carbonyl (C=O) groups excluding carboxylic acids is 2. The molecule has 176 valence electrons. The summed E-state index contributed by atoms with van der Waals surface area (Å²) in [5.74, 6) is -0.796. The average molecular weight is 484 g/mol. The van der Waals surface area contributed by atoms with Crippen LogP contribution in [-0.4, -0.2) is 39.0 Å². The average Bonchev–Trinajstić information content (AvgIpc) is 3.20. The van der Waals surface area contributed by atoms with Crippen molar-refractivity contribution < 1.29 is 14.0 Å². The number of nitrogens with one attached hydrogen (secondary N) is 2. The zero-order valence-corrected chi connectivity index (χ0v) is 19.3. The summed E-state index contributed by atoms with van der Waals surface area (Å²) in [4.78, 5) is 43.4. The van der Waals surface area contributed by atoms with Gasteiger partial charge in [0.25, 0.3) is 5.56 Å². The van der Waals surface area contributed by atoms with Gasteiger partial charge in [0.2, 0.25) is 5.91 Å². The highest BCUT2D eigenvalue weighted by atomic mass is 35.5. The highest BCUT2D eigenvalue weighted by Gasteiger charge is 2.38. The number of hydrogen-bond acceptors (Lipinski definition) is 4. The number of urea groups is 1. The van der Waals surface area contributed by atoms with Gasteiger partial charge in [-0.3, -0.25) is 19.5 Å². The molecule has 34 heavy (non-hydrogen) atoms. The van der Waals surface area contributed by atoms with Gasteiger partial charge in [-0.25, -0.2) is 14.2 Å². The Morgan fingerprint density at radius 1 is 1.15 bits per heavy atom. The highest BCUT2D eigenvalue weighted by Crippen LogP contribution is 2.26. The van der Waals surface area contributed by atoms with E-state index >= 15 is 0 Å². The second-order valence-corrected chi connectivity index (χ2v) is 8.81. The molecule has 0 bridgehead atoms. The zero-order chi connectivity index (χ0) is 24.4. The van der Waals surface area contributed by atoms with Gasteiger partial charge in [-0.2, -0.15) is 0 Å². The molecule has 0 aliphatic carbocycles. The van der Waals surface area contributed by atoms with E-state index in [2.05, 4.69) is 15.6 Å². The van der Waals surface area contributed by atoms with Crippen molar-refractivity contribution in [3.05, 3.63) is 81.6 Å².